The van der Waals surface area contributed by atoms with Crippen LogP contribution in [0.5, 0.6) is 0 Å². The van der Waals surface area contributed by atoms with Crippen molar-refractivity contribution in [3.63, 3.8) is 0 Å². The van der Waals surface area contributed by atoms with E-state index >= 15 is 0 Å². The Morgan fingerprint density at radius 1 is 0.939 bits per heavy atom. The van der Waals surface area contributed by atoms with Gasteiger partial charge in [-0.25, -0.2) is 0 Å². The van der Waals surface area contributed by atoms with Crippen LogP contribution in [0, 0.1) is 5.92 Å². The van der Waals surface area contributed by atoms with E-state index in [9.17, 15) is 27.9 Å². The third kappa shape index (κ3) is 3.03. The van der Waals surface area contributed by atoms with Gasteiger partial charge in [0.15, 0.2) is 0 Å². The Labute approximate surface area is 188 Å². The van der Waals surface area contributed by atoms with Gasteiger partial charge in [0.25, 0.3) is 5.78 Å². The van der Waals surface area contributed by atoms with Crippen LogP contribution in [0.1, 0.15) is 36.6 Å². The number of carbonyl (C=O) groups excluding carboxylic acids is 2. The number of aliphatic hydroxyl groups is 1. The predicted molar refractivity (Wildman–Crippen MR) is 117 cm³/mol. The highest BCUT2D eigenvalue weighted by Crippen LogP contribution is 2.53. The normalized spacial score (nSPS) is 20.8. The Balaban J connectivity index is 1.79. The molecular weight excluding hydrogens is 431 g/mol. The van der Waals surface area contributed by atoms with Gasteiger partial charge in [-0.1, -0.05) is 56.3 Å². The average molecular weight is 451 g/mol. The van der Waals surface area contributed by atoms with Crippen molar-refractivity contribution >= 4 is 23.1 Å². The Morgan fingerprint density at radius 2 is 1.58 bits per heavy atom. The molecule has 0 aromatic heterocycles. The van der Waals surface area contributed by atoms with Crippen molar-refractivity contribution in [1.82, 2.24) is 0 Å². The number of halogens is 3. The molecule has 2 aliphatic rings. The molecule has 1 amide bonds. The second-order valence-electron chi connectivity index (χ2n) is 8.92. The van der Waals surface area contributed by atoms with Gasteiger partial charge in [0, 0.05) is 16.7 Å². The Bertz CT molecular complexity index is 1300. The molecule has 0 radical (unpaired) electrons. The maximum atomic E-state index is 13.4. The number of amides is 1. The van der Waals surface area contributed by atoms with E-state index in [4.69, 9.17) is 0 Å². The van der Waals surface area contributed by atoms with Crippen LogP contribution in [0.25, 0.3) is 11.1 Å². The number of fused-ring (bicyclic) bond motifs is 4. The largest absolute Gasteiger partial charge is 0.450 e. The Morgan fingerprint density at radius 3 is 2.24 bits per heavy atom. The van der Waals surface area contributed by atoms with Crippen LogP contribution < -0.4 is 4.90 Å². The summed E-state index contributed by atoms with van der Waals surface area (Å²) < 4.78 is 40.1. The summed E-state index contributed by atoms with van der Waals surface area (Å²) in [6.45, 7) is 4.07. The molecule has 0 bridgehead atoms. The summed E-state index contributed by atoms with van der Waals surface area (Å²) in [6, 6.07) is 19.3. The van der Waals surface area contributed by atoms with Gasteiger partial charge < -0.3 is 5.11 Å². The van der Waals surface area contributed by atoms with E-state index in [2.05, 4.69) is 0 Å². The van der Waals surface area contributed by atoms with Gasteiger partial charge in [-0.3, -0.25) is 14.5 Å². The van der Waals surface area contributed by atoms with Crippen LogP contribution in [-0.2, 0) is 15.0 Å². The van der Waals surface area contributed by atoms with Crippen LogP contribution in [-0.4, -0.2) is 23.0 Å². The van der Waals surface area contributed by atoms with Gasteiger partial charge in [-0.15, -0.1) is 0 Å². The molecule has 1 aliphatic carbocycles. The SMILES string of the molecule is CC1(C)c2ccccc2-c2cc3c(cc21)N(c1ccccc1)C(=O)C(C(=O)C(F)(F)F)C3O. The summed E-state index contributed by atoms with van der Waals surface area (Å²) in [5.41, 5.74) is 3.92. The molecule has 3 aromatic rings. The summed E-state index contributed by atoms with van der Waals surface area (Å²) in [6.07, 6.45) is -7.17. The monoisotopic (exact) mass is 451 g/mol. The zero-order valence-corrected chi connectivity index (χ0v) is 17.9. The molecule has 1 aliphatic heterocycles. The number of hydrogen-bond acceptors (Lipinski definition) is 3. The number of para-hydroxylation sites is 1. The molecule has 33 heavy (non-hydrogen) atoms. The first-order valence-corrected chi connectivity index (χ1v) is 10.5. The molecule has 2 atom stereocenters. The molecule has 7 heteroatoms. The lowest BCUT2D eigenvalue weighted by Gasteiger charge is -2.38. The minimum absolute atomic E-state index is 0.118. The molecule has 2 unspecified atom stereocenters. The number of nitrogens with zero attached hydrogens (tertiary/aromatic N) is 1. The fourth-order valence-corrected chi connectivity index (χ4v) is 5.03. The summed E-state index contributed by atoms with van der Waals surface area (Å²) in [7, 11) is 0. The second kappa shape index (κ2) is 7.02. The van der Waals surface area contributed by atoms with Crippen LogP contribution in [0.3, 0.4) is 0 Å². The van der Waals surface area contributed by atoms with E-state index in [1.54, 1.807) is 42.5 Å². The molecule has 4 nitrogen and oxygen atoms in total. The van der Waals surface area contributed by atoms with E-state index in [0.29, 0.717) is 5.69 Å². The number of carbonyl (C=O) groups is 2. The molecule has 5 rings (SSSR count). The van der Waals surface area contributed by atoms with Crippen LogP contribution >= 0.6 is 0 Å². The molecule has 3 aromatic carbocycles. The predicted octanol–water partition coefficient (Wildman–Crippen LogP) is 5.45. The average Bonchev–Trinajstić information content (AvgIpc) is 3.00. The zero-order chi connectivity index (χ0) is 23.7. The van der Waals surface area contributed by atoms with Crippen molar-refractivity contribution in [2.45, 2.75) is 31.5 Å². The number of aliphatic hydroxyl groups excluding tert-OH is 1. The first-order valence-electron chi connectivity index (χ1n) is 10.5. The molecule has 1 N–H and O–H groups in total. The molecule has 168 valence electrons. The highest BCUT2D eigenvalue weighted by molar-refractivity contribution is 6.16. The Hall–Kier alpha value is -3.45. The number of anilines is 2. The van der Waals surface area contributed by atoms with Crippen LogP contribution in [0.2, 0.25) is 0 Å². The first-order chi connectivity index (χ1) is 15.5. The quantitative estimate of drug-likeness (QED) is 0.527. The van der Waals surface area contributed by atoms with E-state index < -0.39 is 35.3 Å². The highest BCUT2D eigenvalue weighted by Gasteiger charge is 2.54. The van der Waals surface area contributed by atoms with Crippen molar-refractivity contribution in [2.75, 3.05) is 4.90 Å². The molecule has 0 fully saturated rings. The summed E-state index contributed by atoms with van der Waals surface area (Å²) in [5.74, 6) is -5.63. The van der Waals surface area contributed by atoms with Gasteiger partial charge in [0.2, 0.25) is 5.91 Å². The third-order valence-corrected chi connectivity index (χ3v) is 6.67. The number of benzene rings is 3. The molecule has 0 spiro atoms. The lowest BCUT2D eigenvalue weighted by Crippen LogP contribution is -2.48. The number of Topliss-reactive ketones (excluding diaryl/α,β-unsaturated/α-hetero) is 1. The van der Waals surface area contributed by atoms with Crippen molar-refractivity contribution < 1.29 is 27.9 Å². The van der Waals surface area contributed by atoms with E-state index in [1.807, 2.05) is 38.1 Å². The number of rotatable bonds is 2. The van der Waals surface area contributed by atoms with Crippen LogP contribution in [0.4, 0.5) is 24.5 Å². The lowest BCUT2D eigenvalue weighted by molar-refractivity contribution is -0.180. The molecular formula is C26H20F3NO3. The van der Waals surface area contributed by atoms with Crippen molar-refractivity contribution in [2.24, 2.45) is 5.92 Å². The van der Waals surface area contributed by atoms with Gasteiger partial charge in [-0.2, -0.15) is 13.2 Å². The minimum atomic E-state index is -5.26. The van der Waals surface area contributed by atoms with Crippen LogP contribution in [0.15, 0.2) is 66.7 Å². The summed E-state index contributed by atoms with van der Waals surface area (Å²) in [5, 5.41) is 10.9. The van der Waals surface area contributed by atoms with Gasteiger partial charge in [0.05, 0.1) is 5.69 Å². The maximum absolute atomic E-state index is 13.4. The topological polar surface area (TPSA) is 57.6 Å². The standard InChI is InChI=1S/C26H20F3NO3/c1-25(2)18-11-7-6-10-15(18)16-12-17-20(13-19(16)25)30(14-8-4-3-5-9-14)24(33)21(22(17)31)23(32)26(27,28)29/h3-13,21-22,31H,1-2H3. The highest BCUT2D eigenvalue weighted by atomic mass is 19.4. The van der Waals surface area contributed by atoms with Gasteiger partial charge in [-0.05, 0) is 46.5 Å². The van der Waals surface area contributed by atoms with Crippen molar-refractivity contribution in [1.29, 1.82) is 0 Å². The number of hydrogen-bond donors (Lipinski definition) is 1. The fraction of sp³-hybridized carbons (Fsp3) is 0.231. The summed E-state index contributed by atoms with van der Waals surface area (Å²) >= 11 is 0. The summed E-state index contributed by atoms with van der Waals surface area (Å²) in [4.78, 5) is 26.7. The van der Waals surface area contributed by atoms with Crippen molar-refractivity contribution in [3.05, 3.63) is 83.4 Å². The molecule has 0 saturated carbocycles. The fourth-order valence-electron chi connectivity index (χ4n) is 5.03. The van der Waals surface area contributed by atoms with E-state index in [-0.39, 0.29) is 11.3 Å². The number of alkyl halides is 3. The van der Waals surface area contributed by atoms with E-state index in [1.165, 1.54) is 0 Å². The Kier molecular flexibility index (Phi) is 4.55. The molecule has 1 heterocycles. The molecule has 0 saturated heterocycles. The first kappa shape index (κ1) is 21.4. The smallest absolute Gasteiger partial charge is 0.387 e. The van der Waals surface area contributed by atoms with E-state index in [0.717, 1.165) is 27.2 Å². The number of ketones is 1. The third-order valence-electron chi connectivity index (χ3n) is 6.67. The lowest BCUT2D eigenvalue weighted by atomic mass is 9.79. The zero-order valence-electron chi connectivity index (χ0n) is 17.9. The maximum Gasteiger partial charge on any atom is 0.450 e. The second-order valence-corrected chi connectivity index (χ2v) is 8.92. The van der Waals surface area contributed by atoms with Gasteiger partial charge in [0.1, 0.15) is 12.0 Å². The van der Waals surface area contributed by atoms with Crippen molar-refractivity contribution in [3.8, 4) is 11.1 Å². The van der Waals surface area contributed by atoms with Gasteiger partial charge >= 0.3 is 6.18 Å². The minimum Gasteiger partial charge on any atom is -0.387 e.